The Morgan fingerprint density at radius 3 is 2.55 bits per heavy atom. The van der Waals surface area contributed by atoms with Crippen LogP contribution in [0.1, 0.15) is 5.56 Å². The van der Waals surface area contributed by atoms with Crippen molar-refractivity contribution in [1.29, 1.82) is 0 Å². The number of aryl methyl sites for hydroxylation is 1. The van der Waals surface area contributed by atoms with Gasteiger partial charge in [0.15, 0.2) is 0 Å². The molecule has 0 amide bonds. The first-order valence-corrected chi connectivity index (χ1v) is 7.43. The summed E-state index contributed by atoms with van der Waals surface area (Å²) in [7, 11) is -3.63. The van der Waals surface area contributed by atoms with Crippen molar-refractivity contribution in [2.75, 3.05) is 4.72 Å². The second-order valence-corrected chi connectivity index (χ2v) is 6.10. The lowest BCUT2D eigenvalue weighted by Crippen LogP contribution is -2.13. The van der Waals surface area contributed by atoms with Crippen LogP contribution in [0.25, 0.3) is 11.0 Å². The average molecular weight is 288 g/mol. The van der Waals surface area contributed by atoms with E-state index in [9.17, 15) is 8.42 Å². The summed E-state index contributed by atoms with van der Waals surface area (Å²) in [6.07, 6.45) is 0. The van der Waals surface area contributed by atoms with E-state index >= 15 is 0 Å². The van der Waals surface area contributed by atoms with Gasteiger partial charge in [0, 0.05) is 0 Å². The number of nitrogens with one attached hydrogen (secondary N) is 2. The molecule has 3 rings (SSSR count). The second-order valence-electron chi connectivity index (χ2n) is 4.42. The number of rotatable bonds is 3. The maximum Gasteiger partial charge on any atom is 0.261 e. The molecule has 0 atom stereocenters. The van der Waals surface area contributed by atoms with E-state index in [4.69, 9.17) is 0 Å². The molecule has 0 radical (unpaired) electrons. The van der Waals surface area contributed by atoms with E-state index in [0.29, 0.717) is 16.7 Å². The first-order valence-electron chi connectivity index (χ1n) is 5.95. The largest absolute Gasteiger partial charge is 0.277 e. The lowest BCUT2D eigenvalue weighted by Gasteiger charge is -2.08. The number of benzene rings is 2. The van der Waals surface area contributed by atoms with Gasteiger partial charge in [-0.25, -0.2) is 8.42 Å². The van der Waals surface area contributed by atoms with Crippen molar-refractivity contribution in [2.24, 2.45) is 0 Å². The summed E-state index contributed by atoms with van der Waals surface area (Å²) in [5.41, 5.74) is 2.50. The van der Waals surface area contributed by atoms with Crippen LogP contribution >= 0.6 is 0 Å². The van der Waals surface area contributed by atoms with Gasteiger partial charge in [-0.05, 0) is 31.2 Å². The smallest absolute Gasteiger partial charge is 0.261 e. The fraction of sp³-hybridized carbons (Fsp3) is 0.0769. The van der Waals surface area contributed by atoms with Crippen LogP contribution in [0.15, 0.2) is 47.4 Å². The number of sulfonamides is 1. The standard InChI is InChI=1S/C13H12N4O2S/c1-9-5-7-10(8-6-9)20(18,19)16-12-4-2-3-11-13(12)15-17-14-11/h2-8,16H,1H3,(H,14,15,17). The third kappa shape index (κ3) is 2.23. The molecule has 2 N–H and O–H groups in total. The lowest BCUT2D eigenvalue weighted by atomic mass is 10.2. The van der Waals surface area contributed by atoms with Crippen LogP contribution in [0.4, 0.5) is 5.69 Å². The van der Waals surface area contributed by atoms with E-state index in [-0.39, 0.29) is 4.90 Å². The van der Waals surface area contributed by atoms with Crippen molar-refractivity contribution >= 4 is 26.7 Å². The van der Waals surface area contributed by atoms with Crippen LogP contribution < -0.4 is 4.72 Å². The summed E-state index contributed by atoms with van der Waals surface area (Å²) in [5, 5.41) is 10.3. The molecule has 0 aliphatic carbocycles. The van der Waals surface area contributed by atoms with Crippen LogP contribution in [-0.4, -0.2) is 23.8 Å². The summed E-state index contributed by atoms with van der Waals surface area (Å²) in [6, 6.07) is 11.8. The van der Waals surface area contributed by atoms with Gasteiger partial charge < -0.3 is 0 Å². The summed E-state index contributed by atoms with van der Waals surface area (Å²) in [4.78, 5) is 0.212. The predicted molar refractivity (Wildman–Crippen MR) is 75.9 cm³/mol. The first kappa shape index (κ1) is 12.6. The minimum absolute atomic E-state index is 0.212. The Kier molecular flexibility index (Phi) is 2.90. The number of aromatic amines is 1. The molecule has 1 aromatic heterocycles. The maximum atomic E-state index is 12.3. The zero-order chi connectivity index (χ0) is 14.2. The quantitative estimate of drug-likeness (QED) is 0.772. The Bertz CT molecular complexity index is 853. The summed E-state index contributed by atoms with van der Waals surface area (Å²) >= 11 is 0. The molecule has 0 unspecified atom stereocenters. The third-order valence-electron chi connectivity index (χ3n) is 2.92. The van der Waals surface area contributed by atoms with Crippen LogP contribution in [0.3, 0.4) is 0 Å². The van der Waals surface area contributed by atoms with Gasteiger partial charge in [0.05, 0.1) is 10.6 Å². The Morgan fingerprint density at radius 2 is 1.80 bits per heavy atom. The number of hydrogen-bond acceptors (Lipinski definition) is 4. The van der Waals surface area contributed by atoms with Gasteiger partial charge in [0.25, 0.3) is 10.0 Å². The number of aromatic nitrogens is 3. The molecule has 1 heterocycles. The zero-order valence-corrected chi connectivity index (χ0v) is 11.5. The van der Waals surface area contributed by atoms with Crippen molar-refractivity contribution < 1.29 is 8.42 Å². The molecule has 7 heteroatoms. The molecule has 0 aliphatic rings. The van der Waals surface area contributed by atoms with E-state index < -0.39 is 10.0 Å². The van der Waals surface area contributed by atoms with Crippen molar-refractivity contribution in [3.63, 3.8) is 0 Å². The topological polar surface area (TPSA) is 87.7 Å². The van der Waals surface area contributed by atoms with Crippen molar-refractivity contribution in [3.05, 3.63) is 48.0 Å². The van der Waals surface area contributed by atoms with E-state index in [2.05, 4.69) is 20.1 Å². The second kappa shape index (κ2) is 4.61. The molecule has 2 aromatic carbocycles. The van der Waals surface area contributed by atoms with Crippen LogP contribution in [0, 0.1) is 6.92 Å². The molecule has 3 aromatic rings. The van der Waals surface area contributed by atoms with E-state index in [1.807, 2.05) is 6.92 Å². The Labute approximate surface area is 115 Å². The summed E-state index contributed by atoms with van der Waals surface area (Å²) < 4.78 is 27.2. The monoisotopic (exact) mass is 288 g/mol. The molecule has 102 valence electrons. The van der Waals surface area contributed by atoms with Crippen molar-refractivity contribution in [2.45, 2.75) is 11.8 Å². The molecule has 0 spiro atoms. The SMILES string of the molecule is Cc1ccc(S(=O)(=O)Nc2cccc3n[nH]nc23)cc1. The van der Waals surface area contributed by atoms with Crippen molar-refractivity contribution in [1.82, 2.24) is 15.4 Å². The van der Waals surface area contributed by atoms with E-state index in [1.54, 1.807) is 42.5 Å². The van der Waals surface area contributed by atoms with E-state index in [1.165, 1.54) is 0 Å². The fourth-order valence-corrected chi connectivity index (χ4v) is 2.94. The van der Waals surface area contributed by atoms with Crippen molar-refractivity contribution in [3.8, 4) is 0 Å². The molecule has 0 saturated carbocycles. The highest BCUT2D eigenvalue weighted by Crippen LogP contribution is 2.22. The van der Waals surface area contributed by atoms with Crippen LogP contribution in [0.2, 0.25) is 0 Å². The van der Waals surface area contributed by atoms with Gasteiger partial charge >= 0.3 is 0 Å². The normalized spacial score (nSPS) is 11.7. The number of nitrogens with zero attached hydrogens (tertiary/aromatic N) is 2. The van der Waals surface area contributed by atoms with Gasteiger partial charge in [0.1, 0.15) is 11.0 Å². The van der Waals surface area contributed by atoms with Gasteiger partial charge in [-0.2, -0.15) is 15.4 Å². The minimum atomic E-state index is -3.63. The number of para-hydroxylation sites is 1. The predicted octanol–water partition coefficient (Wildman–Crippen LogP) is 2.07. The highest BCUT2D eigenvalue weighted by Gasteiger charge is 2.16. The third-order valence-corrected chi connectivity index (χ3v) is 4.30. The van der Waals surface area contributed by atoms with Gasteiger partial charge in [-0.1, -0.05) is 23.8 Å². The molecule has 0 aliphatic heterocycles. The highest BCUT2D eigenvalue weighted by molar-refractivity contribution is 7.92. The molecule has 20 heavy (non-hydrogen) atoms. The molecule has 0 fully saturated rings. The maximum absolute atomic E-state index is 12.3. The summed E-state index contributed by atoms with van der Waals surface area (Å²) in [5.74, 6) is 0. The summed E-state index contributed by atoms with van der Waals surface area (Å²) in [6.45, 7) is 1.90. The Morgan fingerprint density at radius 1 is 1.05 bits per heavy atom. The highest BCUT2D eigenvalue weighted by atomic mass is 32.2. The van der Waals surface area contributed by atoms with Crippen LogP contribution in [-0.2, 0) is 10.0 Å². The molecule has 0 bridgehead atoms. The van der Waals surface area contributed by atoms with Gasteiger partial charge in [0.2, 0.25) is 0 Å². The Hall–Kier alpha value is -2.41. The zero-order valence-electron chi connectivity index (χ0n) is 10.7. The lowest BCUT2D eigenvalue weighted by molar-refractivity contribution is 0.601. The Balaban J connectivity index is 2.01. The average Bonchev–Trinajstić information content (AvgIpc) is 2.88. The first-order chi connectivity index (χ1) is 9.56. The van der Waals surface area contributed by atoms with E-state index in [0.717, 1.165) is 5.56 Å². The number of fused-ring (bicyclic) bond motifs is 1. The van der Waals surface area contributed by atoms with Gasteiger partial charge in [-0.15, -0.1) is 0 Å². The number of anilines is 1. The molecular weight excluding hydrogens is 276 g/mol. The molecule has 6 nitrogen and oxygen atoms in total. The number of hydrogen-bond donors (Lipinski definition) is 2. The molecule has 0 saturated heterocycles. The fourth-order valence-electron chi connectivity index (χ4n) is 1.87. The van der Waals surface area contributed by atoms with Gasteiger partial charge in [-0.3, -0.25) is 4.72 Å². The van der Waals surface area contributed by atoms with Crippen LogP contribution in [0.5, 0.6) is 0 Å². The minimum Gasteiger partial charge on any atom is -0.277 e. The number of H-pyrrole nitrogens is 1. The molecular formula is C13H12N4O2S.